The first-order valence-corrected chi connectivity index (χ1v) is 8.10. The maximum Gasteiger partial charge on any atom is 0.118 e. The Bertz CT molecular complexity index is 289. The second-order valence-electron chi connectivity index (χ2n) is 2.55. The summed E-state index contributed by atoms with van der Waals surface area (Å²) in [6.45, 7) is 3.92. The second kappa shape index (κ2) is 4.62. The number of aryl methyl sites for hydroxylation is 2. The molecule has 0 heterocycles. The summed E-state index contributed by atoms with van der Waals surface area (Å²) in [5.74, 6) is 0.385. The Morgan fingerprint density at radius 3 is 2.50 bits per heavy atom. The molecule has 0 radical (unpaired) electrons. The van der Waals surface area contributed by atoms with E-state index in [0.717, 1.165) is 11.1 Å². The van der Waals surface area contributed by atoms with E-state index in [4.69, 9.17) is 0 Å². The number of rotatable bonds is 2. The smallest absolute Gasteiger partial charge is 0.118 e. The lowest BCUT2D eigenvalue weighted by atomic mass is 10.1. The zero-order valence-electron chi connectivity index (χ0n) is 6.80. The molecule has 1 aromatic rings. The van der Waals surface area contributed by atoms with Gasteiger partial charge in [-0.05, 0) is 55.9 Å². The van der Waals surface area contributed by atoms with Gasteiger partial charge in [-0.1, -0.05) is 0 Å². The summed E-state index contributed by atoms with van der Waals surface area (Å²) in [5, 5.41) is 9.37. The van der Waals surface area contributed by atoms with E-state index in [9.17, 15) is 5.11 Å². The summed E-state index contributed by atoms with van der Waals surface area (Å²) in [6, 6.07) is 3.82. The first-order valence-electron chi connectivity index (χ1n) is 3.40. The minimum Gasteiger partial charge on any atom is -0.508 e. The highest BCUT2D eigenvalue weighted by molar-refractivity contribution is 14.2. The monoisotopic (exact) mass is 312 g/mol. The topological polar surface area (TPSA) is 20.2 Å². The van der Waals surface area contributed by atoms with Crippen LogP contribution in [0.5, 0.6) is 5.75 Å². The Balaban J connectivity index is 3.05. The van der Waals surface area contributed by atoms with Crippen molar-refractivity contribution in [2.75, 3.05) is 0 Å². The summed E-state index contributed by atoms with van der Waals surface area (Å²) < 4.78 is 0. The maximum absolute atomic E-state index is 9.37. The van der Waals surface area contributed by atoms with Crippen LogP contribution in [0.3, 0.4) is 0 Å². The van der Waals surface area contributed by atoms with Crippen molar-refractivity contribution in [2.24, 2.45) is 0 Å². The lowest BCUT2D eigenvalue weighted by Gasteiger charge is -2.05. The average Bonchev–Trinajstić information content (AvgIpc) is 2.01. The second-order valence-corrected chi connectivity index (χ2v) is 7.40. The molecule has 0 spiro atoms. The number of phenols is 1. The van der Waals surface area contributed by atoms with Crippen molar-refractivity contribution in [3.63, 3.8) is 0 Å². The molecule has 0 bridgehead atoms. The van der Waals surface area contributed by atoms with E-state index in [-0.39, 0.29) is 0 Å². The van der Waals surface area contributed by atoms with E-state index in [1.807, 2.05) is 26.0 Å². The predicted molar refractivity (Wildman–Crippen MR) is 65.0 cm³/mol. The molecule has 1 nitrogen and oxygen atoms in total. The molecule has 0 atom stereocenters. The zero-order valence-corrected chi connectivity index (χ0v) is 10.6. The third kappa shape index (κ3) is 2.47. The van der Waals surface area contributed by atoms with Crippen LogP contribution in [-0.2, 0) is 0 Å². The Morgan fingerprint density at radius 2 is 1.92 bits per heavy atom. The molecule has 0 fully saturated rings. The summed E-state index contributed by atoms with van der Waals surface area (Å²) in [5.41, 5.74) is 2.07. The van der Waals surface area contributed by atoms with Gasteiger partial charge < -0.3 is 5.11 Å². The molecule has 66 valence electrons. The molecule has 0 saturated heterocycles. The number of aromatic hydroxyl groups is 1. The highest BCUT2D eigenvalue weighted by Gasteiger charge is 2.03. The van der Waals surface area contributed by atoms with Crippen molar-refractivity contribution in [3.8, 4) is 5.75 Å². The van der Waals surface area contributed by atoms with Gasteiger partial charge in [0.25, 0.3) is 0 Å². The van der Waals surface area contributed by atoms with Crippen LogP contribution in [0.15, 0.2) is 17.0 Å². The van der Waals surface area contributed by atoms with Gasteiger partial charge in [0.1, 0.15) is 5.75 Å². The van der Waals surface area contributed by atoms with Crippen LogP contribution >= 0.6 is 40.0 Å². The minimum absolute atomic E-state index is 0.385. The van der Waals surface area contributed by atoms with E-state index in [1.54, 1.807) is 18.8 Å². The van der Waals surface area contributed by atoms with E-state index in [0.29, 0.717) is 5.75 Å². The molecule has 0 amide bonds. The molecule has 1 N–H and O–H groups in total. The molecule has 4 heteroatoms. The number of benzene rings is 1. The van der Waals surface area contributed by atoms with Crippen LogP contribution < -0.4 is 0 Å². The van der Waals surface area contributed by atoms with Crippen molar-refractivity contribution in [3.05, 3.63) is 23.3 Å². The van der Waals surface area contributed by atoms with Gasteiger partial charge in [-0.3, -0.25) is 0 Å². The van der Waals surface area contributed by atoms with Gasteiger partial charge in [0, 0.05) is 26.1 Å². The van der Waals surface area contributed by atoms with Gasteiger partial charge in [-0.15, -0.1) is 0 Å². The van der Waals surface area contributed by atoms with Crippen molar-refractivity contribution in [1.29, 1.82) is 0 Å². The maximum atomic E-state index is 9.37. The Labute approximate surface area is 92.3 Å². The van der Waals surface area contributed by atoms with Crippen molar-refractivity contribution in [1.82, 2.24) is 0 Å². The first-order chi connectivity index (χ1) is 5.65. The summed E-state index contributed by atoms with van der Waals surface area (Å²) in [6.07, 6.45) is 0. The third-order valence-corrected chi connectivity index (χ3v) is 4.64. The molecule has 0 aromatic heterocycles. The highest BCUT2D eigenvalue weighted by atomic mass is 127. The molecular formula is C8H9IOS2. The minimum atomic E-state index is 0.385. The highest BCUT2D eigenvalue weighted by Crippen LogP contribution is 2.39. The Hall–Kier alpha value is 0.450. The lowest BCUT2D eigenvalue weighted by Crippen LogP contribution is -1.81. The van der Waals surface area contributed by atoms with E-state index in [1.165, 1.54) is 4.90 Å². The standard InChI is InChI=1S/C8H9IOS2/c1-5-4-8(11-12-9)6(2)3-7(5)10/h3-4,10H,1-2H3. The molecule has 12 heavy (non-hydrogen) atoms. The van der Waals surface area contributed by atoms with Crippen LogP contribution in [0.2, 0.25) is 0 Å². The molecule has 1 aromatic carbocycles. The fourth-order valence-electron chi connectivity index (χ4n) is 0.898. The molecular weight excluding hydrogens is 303 g/mol. The normalized spacial score (nSPS) is 10.2. The molecule has 0 aliphatic heterocycles. The van der Waals surface area contributed by atoms with Gasteiger partial charge in [-0.2, -0.15) is 0 Å². The molecule has 1 rings (SSSR count). The number of hydrogen-bond acceptors (Lipinski definition) is 3. The fraction of sp³-hybridized carbons (Fsp3) is 0.250. The van der Waals surface area contributed by atoms with Gasteiger partial charge >= 0.3 is 0 Å². The third-order valence-electron chi connectivity index (χ3n) is 1.61. The summed E-state index contributed by atoms with van der Waals surface area (Å²) >= 11 is 2.25. The summed E-state index contributed by atoms with van der Waals surface area (Å²) in [7, 11) is 3.41. The zero-order chi connectivity index (χ0) is 9.14. The number of phenolic OH excluding ortho intramolecular Hbond substituents is 1. The number of hydrogen-bond donors (Lipinski definition) is 1. The average molecular weight is 312 g/mol. The first kappa shape index (κ1) is 10.5. The predicted octanol–water partition coefficient (Wildman–Crippen LogP) is 4.10. The lowest BCUT2D eigenvalue weighted by molar-refractivity contribution is 0.470. The van der Waals surface area contributed by atoms with Crippen molar-refractivity contribution in [2.45, 2.75) is 18.7 Å². The molecule has 0 saturated carbocycles. The molecule has 0 aliphatic rings. The van der Waals surface area contributed by atoms with Crippen molar-refractivity contribution < 1.29 is 5.11 Å². The van der Waals surface area contributed by atoms with Gasteiger partial charge in [0.2, 0.25) is 0 Å². The van der Waals surface area contributed by atoms with Crippen LogP contribution in [-0.4, -0.2) is 5.11 Å². The van der Waals surface area contributed by atoms with Gasteiger partial charge in [-0.25, -0.2) is 0 Å². The molecule has 0 unspecified atom stereocenters. The number of halogens is 1. The van der Waals surface area contributed by atoms with Gasteiger partial charge in [0.15, 0.2) is 0 Å². The fourth-order valence-corrected chi connectivity index (χ4v) is 3.87. The Kier molecular flexibility index (Phi) is 4.05. The van der Waals surface area contributed by atoms with Crippen LogP contribution in [0, 0.1) is 13.8 Å². The largest absolute Gasteiger partial charge is 0.508 e. The Morgan fingerprint density at radius 1 is 1.25 bits per heavy atom. The van der Waals surface area contributed by atoms with E-state index in [2.05, 4.69) is 21.2 Å². The SMILES string of the molecule is Cc1cc(SSI)c(C)cc1O. The van der Waals surface area contributed by atoms with Crippen LogP contribution in [0.1, 0.15) is 11.1 Å². The van der Waals surface area contributed by atoms with Crippen LogP contribution in [0.4, 0.5) is 0 Å². The van der Waals surface area contributed by atoms with Crippen molar-refractivity contribution >= 4 is 40.0 Å². The molecule has 0 aliphatic carbocycles. The van der Waals surface area contributed by atoms with Gasteiger partial charge in [0.05, 0.1) is 0 Å². The summed E-state index contributed by atoms with van der Waals surface area (Å²) in [4.78, 5) is 1.23. The van der Waals surface area contributed by atoms with Crippen LogP contribution in [0.25, 0.3) is 0 Å². The van der Waals surface area contributed by atoms with E-state index < -0.39 is 0 Å². The quantitative estimate of drug-likeness (QED) is 0.656. The van der Waals surface area contributed by atoms with E-state index >= 15 is 0 Å².